The highest BCUT2D eigenvalue weighted by molar-refractivity contribution is 5.74. The summed E-state index contributed by atoms with van der Waals surface area (Å²) in [5.74, 6) is 1.09. The third-order valence-electron chi connectivity index (χ3n) is 2.50. The summed E-state index contributed by atoms with van der Waals surface area (Å²) in [6.07, 6.45) is 8.00. The highest BCUT2D eigenvalue weighted by atomic mass is 16.1. The molecule has 1 atom stereocenters. The first-order valence-corrected chi connectivity index (χ1v) is 5.31. The van der Waals surface area contributed by atoms with Crippen LogP contribution in [0.15, 0.2) is 30.3 Å². The molecule has 0 aromatic heterocycles. The molecule has 1 fully saturated rings. The number of hydrogen-bond acceptors (Lipinski definition) is 1. The molecule has 0 spiro atoms. The predicted molar refractivity (Wildman–Crippen MR) is 63.4 cm³/mol. The second-order valence-corrected chi connectivity index (χ2v) is 3.76. The third kappa shape index (κ3) is 2.63. The standard InChI is InChI=1S/C14H14NO/c1-11(16)15-14(13-9-5-6-10-13)12-7-3-2-4-8-12/h2-10,14H,1H3,(H,15,16)/t14-/m1/s1. The molecule has 0 bridgehead atoms. The SMILES string of the molecule is CC(=O)N[C@@H]([C]1[CH][CH][CH][CH]1)c1ccccc1. The minimum atomic E-state index is -0.0475. The summed E-state index contributed by atoms with van der Waals surface area (Å²) < 4.78 is 0. The second-order valence-electron chi connectivity index (χ2n) is 3.76. The van der Waals surface area contributed by atoms with Crippen molar-refractivity contribution in [2.24, 2.45) is 0 Å². The molecule has 0 aliphatic heterocycles. The van der Waals surface area contributed by atoms with Crippen LogP contribution in [0.1, 0.15) is 18.5 Å². The van der Waals surface area contributed by atoms with E-state index >= 15 is 0 Å². The molecular formula is C14H14NO. The lowest BCUT2D eigenvalue weighted by Gasteiger charge is -2.23. The lowest BCUT2D eigenvalue weighted by Crippen LogP contribution is -2.30. The molecular weight excluding hydrogens is 198 g/mol. The number of carbonyl (C=O) groups excluding carboxylic acids is 1. The first kappa shape index (κ1) is 11.2. The van der Waals surface area contributed by atoms with Gasteiger partial charge in [-0.05, 0) is 31.2 Å². The molecule has 2 rings (SSSR count). The summed E-state index contributed by atoms with van der Waals surface area (Å²) in [7, 11) is 0. The zero-order valence-corrected chi connectivity index (χ0v) is 9.18. The maximum atomic E-state index is 11.2. The third-order valence-corrected chi connectivity index (χ3v) is 2.50. The van der Waals surface area contributed by atoms with E-state index < -0.39 is 0 Å². The Kier molecular flexibility index (Phi) is 3.60. The minimum Gasteiger partial charge on any atom is -0.349 e. The van der Waals surface area contributed by atoms with Crippen LogP contribution in [0.3, 0.4) is 0 Å². The molecule has 1 aliphatic rings. The minimum absolute atomic E-state index is 0.0185. The van der Waals surface area contributed by atoms with Crippen molar-refractivity contribution in [3.63, 3.8) is 0 Å². The summed E-state index contributed by atoms with van der Waals surface area (Å²) in [5.41, 5.74) is 1.10. The normalized spacial score (nSPS) is 18.3. The Balaban J connectivity index is 2.16. The van der Waals surface area contributed by atoms with Crippen molar-refractivity contribution in [1.82, 2.24) is 5.32 Å². The number of rotatable bonds is 3. The molecule has 1 aromatic rings. The zero-order valence-electron chi connectivity index (χ0n) is 9.18. The van der Waals surface area contributed by atoms with Crippen LogP contribution in [0.25, 0.3) is 0 Å². The van der Waals surface area contributed by atoms with Crippen LogP contribution in [0, 0.1) is 31.6 Å². The monoisotopic (exact) mass is 212 g/mol. The van der Waals surface area contributed by atoms with Crippen molar-refractivity contribution in [2.75, 3.05) is 0 Å². The van der Waals surface area contributed by atoms with Crippen LogP contribution in [0.5, 0.6) is 0 Å². The van der Waals surface area contributed by atoms with E-state index in [0.29, 0.717) is 0 Å². The zero-order chi connectivity index (χ0) is 11.4. The van der Waals surface area contributed by atoms with Crippen molar-refractivity contribution in [1.29, 1.82) is 0 Å². The summed E-state index contributed by atoms with van der Waals surface area (Å²) in [6.45, 7) is 1.54. The largest absolute Gasteiger partial charge is 0.349 e. The Morgan fingerprint density at radius 1 is 1.12 bits per heavy atom. The van der Waals surface area contributed by atoms with Crippen LogP contribution in [0.4, 0.5) is 0 Å². The second kappa shape index (κ2) is 5.15. The van der Waals surface area contributed by atoms with Gasteiger partial charge in [0.1, 0.15) is 0 Å². The molecule has 5 radical (unpaired) electrons. The average molecular weight is 212 g/mol. The van der Waals surface area contributed by atoms with Gasteiger partial charge in [-0.1, -0.05) is 30.3 Å². The van der Waals surface area contributed by atoms with E-state index in [9.17, 15) is 4.79 Å². The number of benzene rings is 1. The molecule has 1 aliphatic carbocycles. The molecule has 1 aromatic carbocycles. The lowest BCUT2D eigenvalue weighted by atomic mass is 9.91. The van der Waals surface area contributed by atoms with Crippen LogP contribution < -0.4 is 5.32 Å². The van der Waals surface area contributed by atoms with Crippen LogP contribution in [-0.4, -0.2) is 5.91 Å². The number of carbonyl (C=O) groups is 1. The van der Waals surface area contributed by atoms with Crippen molar-refractivity contribution < 1.29 is 4.79 Å². The molecule has 0 unspecified atom stereocenters. The van der Waals surface area contributed by atoms with Gasteiger partial charge in [0, 0.05) is 12.8 Å². The molecule has 1 amide bonds. The molecule has 0 saturated heterocycles. The Hall–Kier alpha value is -1.31. The molecule has 81 valence electrons. The van der Waals surface area contributed by atoms with Gasteiger partial charge in [0.15, 0.2) is 0 Å². The quantitative estimate of drug-likeness (QED) is 0.818. The fourth-order valence-electron chi connectivity index (χ4n) is 1.79. The van der Waals surface area contributed by atoms with E-state index in [1.165, 1.54) is 0 Å². The van der Waals surface area contributed by atoms with E-state index in [2.05, 4.69) is 5.32 Å². The fraction of sp³-hybridized carbons (Fsp3) is 0.143. The van der Waals surface area contributed by atoms with E-state index in [1.54, 1.807) is 6.92 Å². The van der Waals surface area contributed by atoms with Gasteiger partial charge in [-0.3, -0.25) is 4.79 Å². The first-order chi connectivity index (χ1) is 7.77. The van der Waals surface area contributed by atoms with E-state index in [0.717, 1.165) is 11.5 Å². The lowest BCUT2D eigenvalue weighted by molar-refractivity contribution is -0.119. The molecule has 2 heteroatoms. The average Bonchev–Trinajstić information content (AvgIpc) is 2.80. The van der Waals surface area contributed by atoms with Gasteiger partial charge in [0.2, 0.25) is 5.91 Å². The fourth-order valence-corrected chi connectivity index (χ4v) is 1.79. The first-order valence-electron chi connectivity index (χ1n) is 5.31. The van der Waals surface area contributed by atoms with Gasteiger partial charge in [-0.15, -0.1) is 0 Å². The van der Waals surface area contributed by atoms with Crippen molar-refractivity contribution in [3.8, 4) is 0 Å². The summed E-state index contributed by atoms with van der Waals surface area (Å²) in [5, 5.41) is 2.96. The number of hydrogen-bond donors (Lipinski definition) is 1. The Morgan fingerprint density at radius 2 is 1.75 bits per heavy atom. The maximum Gasteiger partial charge on any atom is 0.217 e. The van der Waals surface area contributed by atoms with Gasteiger partial charge < -0.3 is 5.32 Å². The van der Waals surface area contributed by atoms with Gasteiger partial charge >= 0.3 is 0 Å². The maximum absolute atomic E-state index is 11.2. The Labute approximate surface area is 97.1 Å². The van der Waals surface area contributed by atoms with Gasteiger partial charge in [-0.25, -0.2) is 0 Å². The highest BCUT2D eigenvalue weighted by Gasteiger charge is 2.28. The molecule has 0 heterocycles. The Morgan fingerprint density at radius 3 is 2.31 bits per heavy atom. The molecule has 1 N–H and O–H groups in total. The van der Waals surface area contributed by atoms with Crippen molar-refractivity contribution in [3.05, 3.63) is 67.5 Å². The molecule has 2 nitrogen and oxygen atoms in total. The predicted octanol–water partition coefficient (Wildman–Crippen LogP) is 2.27. The number of amides is 1. The van der Waals surface area contributed by atoms with Gasteiger partial charge in [0.25, 0.3) is 0 Å². The molecule has 16 heavy (non-hydrogen) atoms. The topological polar surface area (TPSA) is 29.1 Å². The summed E-state index contributed by atoms with van der Waals surface area (Å²) in [6, 6.07) is 9.93. The van der Waals surface area contributed by atoms with Gasteiger partial charge in [-0.2, -0.15) is 0 Å². The number of nitrogens with one attached hydrogen (secondary N) is 1. The van der Waals surface area contributed by atoms with Gasteiger partial charge in [0.05, 0.1) is 6.04 Å². The summed E-state index contributed by atoms with van der Waals surface area (Å²) >= 11 is 0. The van der Waals surface area contributed by atoms with Crippen LogP contribution in [-0.2, 0) is 4.79 Å². The van der Waals surface area contributed by atoms with E-state index in [1.807, 2.05) is 56.0 Å². The van der Waals surface area contributed by atoms with E-state index in [-0.39, 0.29) is 11.9 Å². The van der Waals surface area contributed by atoms with Crippen LogP contribution in [0.2, 0.25) is 0 Å². The smallest absolute Gasteiger partial charge is 0.217 e. The van der Waals surface area contributed by atoms with Crippen LogP contribution >= 0.6 is 0 Å². The summed E-state index contributed by atoms with van der Waals surface area (Å²) in [4.78, 5) is 11.2. The Bertz CT molecular complexity index is 341. The van der Waals surface area contributed by atoms with Crippen molar-refractivity contribution >= 4 is 5.91 Å². The van der Waals surface area contributed by atoms with Crippen molar-refractivity contribution in [2.45, 2.75) is 13.0 Å². The highest BCUT2D eigenvalue weighted by Crippen LogP contribution is 2.34. The molecule has 1 saturated carbocycles. The van der Waals surface area contributed by atoms with E-state index in [4.69, 9.17) is 0 Å².